The lowest BCUT2D eigenvalue weighted by Crippen LogP contribution is -2.24. The average Bonchev–Trinajstić information content (AvgIpc) is 4.02. The molecule has 0 aliphatic heterocycles. The van der Waals surface area contributed by atoms with Gasteiger partial charge in [0, 0.05) is 71.9 Å². The smallest absolute Gasteiger partial charge is 0.450 e. The number of carboxylic acids is 1. The number of nitrogens with two attached hydrogens (primary N) is 1. The van der Waals surface area contributed by atoms with Crippen LogP contribution in [-0.2, 0) is 20.6 Å². The first kappa shape index (κ1) is 47.2. The summed E-state index contributed by atoms with van der Waals surface area (Å²) in [5.41, 5.74) is 11.4. The number of carbonyl (C=O) groups is 3. The molecule has 7 rings (SSSR count). The number of aromatic amines is 1. The number of methoxy groups -OCH3 is 2. The van der Waals surface area contributed by atoms with Crippen molar-refractivity contribution in [3.63, 3.8) is 0 Å². The second kappa shape index (κ2) is 19.7. The molecule has 7 aromatic rings. The van der Waals surface area contributed by atoms with Crippen molar-refractivity contribution in [1.29, 1.82) is 0 Å². The van der Waals surface area contributed by atoms with E-state index in [0.29, 0.717) is 28.4 Å². The number of aromatic nitrogens is 9. The van der Waals surface area contributed by atoms with E-state index in [1.807, 2.05) is 43.5 Å². The molecule has 0 aliphatic rings. The van der Waals surface area contributed by atoms with Crippen LogP contribution in [0.15, 0.2) is 79.4 Å². The minimum atomic E-state index is -4.87. The Kier molecular flexibility index (Phi) is 15.0. The number of carbonyl (C=O) groups excluding carboxylic acids is 2. The number of ether oxygens (including phenoxy) is 2. The van der Waals surface area contributed by atoms with E-state index >= 15 is 0 Å². The van der Waals surface area contributed by atoms with E-state index in [4.69, 9.17) is 25.1 Å². The number of rotatable bonds is 8. The number of nitrogen functional groups attached to an aromatic ring is 1. The van der Waals surface area contributed by atoms with Crippen molar-refractivity contribution in [3.05, 3.63) is 102 Å². The van der Waals surface area contributed by atoms with Crippen LogP contribution in [0, 0.1) is 20.8 Å². The number of benzene rings is 2. The van der Waals surface area contributed by atoms with Crippen molar-refractivity contribution in [1.82, 2.24) is 44.4 Å². The molecular formula is C40H40F6N10O6. The average molecular weight is 871 g/mol. The summed E-state index contributed by atoms with van der Waals surface area (Å²) < 4.78 is 89.6. The zero-order valence-corrected chi connectivity index (χ0v) is 34.1. The van der Waals surface area contributed by atoms with Crippen molar-refractivity contribution in [2.45, 2.75) is 53.4 Å². The van der Waals surface area contributed by atoms with Crippen molar-refractivity contribution < 1.29 is 55.3 Å². The van der Waals surface area contributed by atoms with Crippen LogP contribution in [0.3, 0.4) is 0 Å². The van der Waals surface area contributed by atoms with Crippen LogP contribution in [0.2, 0.25) is 0 Å². The van der Waals surface area contributed by atoms with Crippen LogP contribution in [0.4, 0.5) is 32.2 Å². The highest BCUT2D eigenvalue weighted by atomic mass is 19.4. The summed E-state index contributed by atoms with van der Waals surface area (Å²) in [7, 11) is 3.14. The van der Waals surface area contributed by atoms with Crippen molar-refractivity contribution in [2.75, 3.05) is 20.0 Å². The Morgan fingerprint density at radius 1 is 0.806 bits per heavy atom. The predicted octanol–water partition coefficient (Wildman–Crippen LogP) is 7.58. The molecule has 0 radical (unpaired) electrons. The summed E-state index contributed by atoms with van der Waals surface area (Å²) in [6.45, 7) is 7.13. The van der Waals surface area contributed by atoms with Crippen LogP contribution in [0.5, 0.6) is 11.5 Å². The molecule has 22 heteroatoms. The maximum Gasteiger partial charge on any atom is 0.450 e. The molecule has 0 aliphatic carbocycles. The number of nitrogens with zero attached hydrogens (tertiary/aromatic N) is 8. The van der Waals surface area contributed by atoms with Gasteiger partial charge in [0.25, 0.3) is 5.97 Å². The number of aliphatic carboxylic acids is 1. The number of anilines is 1. The van der Waals surface area contributed by atoms with Crippen molar-refractivity contribution >= 4 is 29.0 Å². The first-order chi connectivity index (χ1) is 29.1. The fraction of sp³-hybridized carbons (Fsp3) is 0.250. The molecule has 5 heterocycles. The van der Waals surface area contributed by atoms with E-state index in [-0.39, 0.29) is 11.3 Å². The van der Waals surface area contributed by atoms with Gasteiger partial charge in [-0.3, -0.25) is 19.5 Å². The fourth-order valence-electron chi connectivity index (χ4n) is 5.78. The lowest BCUT2D eigenvalue weighted by molar-refractivity contribution is -0.171. The van der Waals surface area contributed by atoms with Gasteiger partial charge >= 0.3 is 12.4 Å². The van der Waals surface area contributed by atoms with Gasteiger partial charge in [0.1, 0.15) is 23.0 Å². The van der Waals surface area contributed by atoms with Crippen LogP contribution < -0.4 is 15.2 Å². The number of aryl methyl sites for hydroxylation is 3. The molecule has 62 heavy (non-hydrogen) atoms. The standard InChI is InChI=1S/C19H16F3N5O.C14H15N5O.C5H5F3O2.C2H4O2/c1-11-9-16(19(20,21)22)27-18(24-11)17(12(2)25-27)14-6-5-13(10-15(14)28-3)26-8-4-7-23-26;1-9-13(14(15)18-17-9)11-5-4-10(8-12(11)20-2)19-7-3-6-16-19;1-3(9)2-4(10)5(6,7)8;1-2(3)4/h4-10H,1-3H3;3-8H,1-2H3,(H3,15,17,18);2H2,1H3;1H3,(H,3,4). The molecule has 5 aromatic heterocycles. The van der Waals surface area contributed by atoms with E-state index in [1.54, 1.807) is 60.2 Å². The first-order valence-electron chi connectivity index (χ1n) is 18.0. The quantitative estimate of drug-likeness (QED) is 0.0997. The van der Waals surface area contributed by atoms with Gasteiger partial charge in [-0.1, -0.05) is 0 Å². The van der Waals surface area contributed by atoms with E-state index in [1.165, 1.54) is 14.0 Å². The number of ketones is 2. The highest BCUT2D eigenvalue weighted by molar-refractivity contribution is 6.00. The molecule has 2 aromatic carbocycles. The molecule has 0 amide bonds. The number of hydrogen-bond acceptors (Lipinski definition) is 11. The summed E-state index contributed by atoms with van der Waals surface area (Å²) in [5.74, 6) is -1.91. The minimum absolute atomic E-state index is 0.134. The Morgan fingerprint density at radius 3 is 1.68 bits per heavy atom. The van der Waals surface area contributed by atoms with Crippen LogP contribution >= 0.6 is 0 Å². The maximum atomic E-state index is 13.5. The summed E-state index contributed by atoms with van der Waals surface area (Å²) in [5, 5.41) is 26.8. The molecule has 0 atom stereocenters. The van der Waals surface area contributed by atoms with Crippen LogP contribution in [0.1, 0.15) is 43.0 Å². The van der Waals surface area contributed by atoms with E-state index < -0.39 is 42.0 Å². The second-order valence-electron chi connectivity index (χ2n) is 13.1. The van der Waals surface area contributed by atoms with Gasteiger partial charge in [-0.05, 0) is 70.2 Å². The summed E-state index contributed by atoms with van der Waals surface area (Å²) in [6.07, 6.45) is -3.41. The normalized spacial score (nSPS) is 11.0. The molecule has 0 bridgehead atoms. The number of H-pyrrole nitrogens is 1. The fourth-order valence-corrected chi connectivity index (χ4v) is 5.78. The van der Waals surface area contributed by atoms with E-state index in [2.05, 4.69) is 30.5 Å². The SMILES string of the molecule is CC(=O)CC(=O)C(F)(F)F.CC(=O)O.COc1cc(-n2cccn2)ccc1-c1c(C)nn2c(C(F)(F)F)cc(C)nc12.COc1cc(-n2cccn2)ccc1-c1c(N)n[nH]c1C. The third-order valence-electron chi connectivity index (χ3n) is 8.33. The van der Waals surface area contributed by atoms with Gasteiger partial charge in [0.15, 0.2) is 11.5 Å². The number of hydrogen-bond donors (Lipinski definition) is 3. The molecular weight excluding hydrogens is 830 g/mol. The predicted molar refractivity (Wildman–Crippen MR) is 213 cm³/mol. The summed E-state index contributed by atoms with van der Waals surface area (Å²) in [4.78, 5) is 33.2. The lowest BCUT2D eigenvalue weighted by Gasteiger charge is -2.12. The summed E-state index contributed by atoms with van der Waals surface area (Å²) in [6, 6.07) is 15.9. The zero-order valence-electron chi connectivity index (χ0n) is 34.1. The zero-order chi connectivity index (χ0) is 46.1. The molecule has 328 valence electrons. The van der Waals surface area contributed by atoms with Gasteiger partial charge in [0.2, 0.25) is 5.78 Å². The first-order valence-corrected chi connectivity index (χ1v) is 18.0. The third kappa shape index (κ3) is 11.6. The molecule has 0 spiro atoms. The molecule has 4 N–H and O–H groups in total. The summed E-state index contributed by atoms with van der Waals surface area (Å²) >= 11 is 0. The highest BCUT2D eigenvalue weighted by Gasteiger charge is 2.38. The number of carboxylic acid groups (broad SMARTS) is 1. The Labute approximate surface area is 348 Å². The minimum Gasteiger partial charge on any atom is -0.496 e. The second-order valence-corrected chi connectivity index (χ2v) is 13.1. The Hall–Kier alpha value is -7.52. The molecule has 0 unspecified atom stereocenters. The topological polar surface area (TPSA) is 210 Å². The Morgan fingerprint density at radius 2 is 1.31 bits per heavy atom. The van der Waals surface area contributed by atoms with Gasteiger partial charge in [-0.25, -0.2) is 18.9 Å². The van der Waals surface area contributed by atoms with Gasteiger partial charge in [0.05, 0.1) is 43.3 Å². The maximum absolute atomic E-state index is 13.5. The van der Waals surface area contributed by atoms with Crippen LogP contribution in [-0.4, -0.2) is 87.4 Å². The molecule has 0 fully saturated rings. The highest BCUT2D eigenvalue weighted by Crippen LogP contribution is 2.39. The third-order valence-corrected chi connectivity index (χ3v) is 8.33. The van der Waals surface area contributed by atoms with Crippen LogP contribution in [0.25, 0.3) is 39.3 Å². The molecule has 16 nitrogen and oxygen atoms in total. The number of fused-ring (bicyclic) bond motifs is 1. The molecule has 0 saturated heterocycles. The largest absolute Gasteiger partial charge is 0.496 e. The van der Waals surface area contributed by atoms with E-state index in [9.17, 15) is 35.9 Å². The van der Waals surface area contributed by atoms with Crippen molar-refractivity contribution in [3.8, 4) is 45.1 Å². The monoisotopic (exact) mass is 870 g/mol. The number of Topliss-reactive ketones (excluding diaryl/α,β-unsaturated/α-hetero) is 2. The van der Waals surface area contributed by atoms with Gasteiger partial charge < -0.3 is 20.3 Å². The lowest BCUT2D eigenvalue weighted by atomic mass is 10.0. The number of alkyl halides is 6. The Bertz CT molecular complexity index is 2630. The number of nitrogens with one attached hydrogen (secondary N) is 1. The van der Waals surface area contributed by atoms with E-state index in [0.717, 1.165) is 58.4 Å². The molecule has 0 saturated carbocycles. The Balaban J connectivity index is 0.000000216. The number of halogens is 6. The van der Waals surface area contributed by atoms with Crippen molar-refractivity contribution in [2.24, 2.45) is 0 Å². The van der Waals surface area contributed by atoms with Gasteiger partial charge in [-0.15, -0.1) is 0 Å². The van der Waals surface area contributed by atoms with Gasteiger partial charge in [-0.2, -0.15) is 46.7 Å².